The molecule has 3 aromatic rings. The highest BCUT2D eigenvalue weighted by Crippen LogP contribution is 2.28. The summed E-state index contributed by atoms with van der Waals surface area (Å²) in [6.07, 6.45) is -4.79. The van der Waals surface area contributed by atoms with Gasteiger partial charge in [0.15, 0.2) is 11.5 Å². The number of aromatic nitrogens is 1. The van der Waals surface area contributed by atoms with Crippen LogP contribution in [0.2, 0.25) is 0 Å². The summed E-state index contributed by atoms with van der Waals surface area (Å²) in [7, 11) is 0. The maximum absolute atomic E-state index is 13.0. The van der Waals surface area contributed by atoms with Gasteiger partial charge < -0.3 is 23.6 Å². The molecule has 2 fully saturated rings. The molecule has 190 valence electrons. The third kappa shape index (κ3) is 5.69. The van der Waals surface area contributed by atoms with E-state index in [0.717, 1.165) is 23.4 Å². The van der Waals surface area contributed by atoms with Gasteiger partial charge in [-0.15, -0.1) is 13.2 Å². The fourth-order valence-corrected chi connectivity index (χ4v) is 4.41. The molecule has 36 heavy (non-hydrogen) atoms. The van der Waals surface area contributed by atoms with Crippen LogP contribution < -0.4 is 4.74 Å². The molecule has 2 aliphatic rings. The first-order valence-electron chi connectivity index (χ1n) is 11.5. The SMILES string of the molecule is O=C(c1ccc(OC(F)(F)F)cc1)N1CCOC2(CN(Cc3cc(-c4ccccc4)no3)CCO2)C1. The number of halogens is 3. The Morgan fingerprint density at radius 2 is 1.72 bits per heavy atom. The number of alkyl halides is 3. The van der Waals surface area contributed by atoms with Gasteiger partial charge in [-0.3, -0.25) is 9.69 Å². The standard InChI is InChI=1S/C25H24F3N3O5/c26-25(27,28)35-20-8-6-19(7-9-20)23(32)31-11-13-34-24(17-31)16-30(10-12-33-24)15-21-14-22(29-36-21)18-4-2-1-3-5-18/h1-9,14H,10-13,15-17H2. The monoisotopic (exact) mass is 503 g/mol. The van der Waals surface area contributed by atoms with Gasteiger partial charge in [0.1, 0.15) is 11.4 Å². The Hall–Kier alpha value is -3.41. The topological polar surface area (TPSA) is 77.3 Å². The maximum atomic E-state index is 13.0. The first kappa shape index (κ1) is 24.3. The van der Waals surface area contributed by atoms with E-state index in [-0.39, 0.29) is 30.4 Å². The Bertz CT molecular complexity index is 1180. The number of hydrogen-bond donors (Lipinski definition) is 0. The van der Waals surface area contributed by atoms with E-state index >= 15 is 0 Å². The highest BCUT2D eigenvalue weighted by molar-refractivity contribution is 5.94. The summed E-state index contributed by atoms with van der Waals surface area (Å²) in [5, 5.41) is 4.16. The zero-order chi connectivity index (χ0) is 25.2. The van der Waals surface area contributed by atoms with Crippen molar-refractivity contribution >= 4 is 5.91 Å². The second-order valence-electron chi connectivity index (χ2n) is 8.66. The lowest BCUT2D eigenvalue weighted by Gasteiger charge is -2.47. The van der Waals surface area contributed by atoms with Crippen LogP contribution in [0.5, 0.6) is 5.75 Å². The summed E-state index contributed by atoms with van der Waals surface area (Å²) >= 11 is 0. The number of ether oxygens (including phenoxy) is 3. The van der Waals surface area contributed by atoms with Gasteiger partial charge >= 0.3 is 6.36 Å². The Morgan fingerprint density at radius 3 is 2.44 bits per heavy atom. The molecular formula is C25H24F3N3O5. The van der Waals surface area contributed by atoms with Crippen molar-refractivity contribution in [3.8, 4) is 17.0 Å². The van der Waals surface area contributed by atoms with Gasteiger partial charge in [0, 0.05) is 30.3 Å². The second-order valence-corrected chi connectivity index (χ2v) is 8.66. The van der Waals surface area contributed by atoms with E-state index in [4.69, 9.17) is 14.0 Å². The molecule has 0 N–H and O–H groups in total. The number of rotatable bonds is 5. The number of morpholine rings is 2. The largest absolute Gasteiger partial charge is 0.573 e. The Kier molecular flexibility index (Phi) is 6.69. The zero-order valence-electron chi connectivity index (χ0n) is 19.2. The lowest BCUT2D eigenvalue weighted by Crippen LogP contribution is -2.62. The van der Waals surface area contributed by atoms with Crippen molar-refractivity contribution in [2.24, 2.45) is 0 Å². The Labute approximate surface area is 205 Å². The van der Waals surface area contributed by atoms with Crippen LogP contribution in [0, 0.1) is 0 Å². The van der Waals surface area contributed by atoms with Crippen LogP contribution in [-0.2, 0) is 16.0 Å². The summed E-state index contributed by atoms with van der Waals surface area (Å²) < 4.78 is 58.6. The van der Waals surface area contributed by atoms with Crippen molar-refractivity contribution in [2.75, 3.05) is 39.4 Å². The molecule has 0 bridgehead atoms. The molecule has 3 heterocycles. The van der Waals surface area contributed by atoms with Crippen LogP contribution in [0.1, 0.15) is 16.1 Å². The molecule has 1 atom stereocenters. The molecule has 0 radical (unpaired) electrons. The molecule has 11 heteroatoms. The molecule has 1 aromatic heterocycles. The smallest absolute Gasteiger partial charge is 0.406 e. The summed E-state index contributed by atoms with van der Waals surface area (Å²) in [5.41, 5.74) is 1.98. The number of carbonyl (C=O) groups is 1. The molecule has 2 saturated heterocycles. The average Bonchev–Trinajstić information content (AvgIpc) is 3.32. The highest BCUT2D eigenvalue weighted by atomic mass is 19.4. The highest BCUT2D eigenvalue weighted by Gasteiger charge is 2.43. The molecule has 2 aliphatic heterocycles. The van der Waals surface area contributed by atoms with Crippen LogP contribution in [-0.4, -0.2) is 72.4 Å². The summed E-state index contributed by atoms with van der Waals surface area (Å²) in [4.78, 5) is 16.8. The minimum atomic E-state index is -4.79. The van der Waals surface area contributed by atoms with Crippen molar-refractivity contribution in [1.82, 2.24) is 15.0 Å². The quantitative estimate of drug-likeness (QED) is 0.522. The van der Waals surface area contributed by atoms with E-state index in [9.17, 15) is 18.0 Å². The molecule has 1 amide bonds. The van der Waals surface area contributed by atoms with Gasteiger partial charge in [-0.2, -0.15) is 0 Å². The molecule has 1 spiro atoms. The third-order valence-electron chi connectivity index (χ3n) is 6.03. The summed E-state index contributed by atoms with van der Waals surface area (Å²) in [5.74, 6) is -1.00. The fourth-order valence-electron chi connectivity index (χ4n) is 4.41. The Balaban J connectivity index is 1.22. The summed E-state index contributed by atoms with van der Waals surface area (Å²) in [6, 6.07) is 16.5. The summed E-state index contributed by atoms with van der Waals surface area (Å²) in [6.45, 7) is 2.78. The zero-order valence-corrected chi connectivity index (χ0v) is 19.2. The minimum Gasteiger partial charge on any atom is -0.406 e. The van der Waals surface area contributed by atoms with Crippen molar-refractivity contribution < 1.29 is 36.7 Å². The Morgan fingerprint density at radius 1 is 1.00 bits per heavy atom. The number of carbonyl (C=O) groups excluding carboxylic acids is 1. The average molecular weight is 503 g/mol. The van der Waals surface area contributed by atoms with Gasteiger partial charge in [-0.25, -0.2) is 0 Å². The molecule has 1 unspecified atom stereocenters. The first-order valence-corrected chi connectivity index (χ1v) is 11.5. The normalized spacial score (nSPS) is 21.0. The molecule has 2 aromatic carbocycles. The fraction of sp³-hybridized carbons (Fsp3) is 0.360. The van der Waals surface area contributed by atoms with Crippen LogP contribution in [0.4, 0.5) is 13.2 Å². The van der Waals surface area contributed by atoms with E-state index in [0.29, 0.717) is 38.5 Å². The minimum absolute atomic E-state index is 0.189. The maximum Gasteiger partial charge on any atom is 0.573 e. The van der Waals surface area contributed by atoms with Crippen LogP contribution >= 0.6 is 0 Å². The lowest BCUT2D eigenvalue weighted by molar-refractivity contribution is -0.288. The van der Waals surface area contributed by atoms with Crippen molar-refractivity contribution in [1.29, 1.82) is 0 Å². The van der Waals surface area contributed by atoms with Crippen molar-refractivity contribution in [3.05, 3.63) is 72.0 Å². The van der Waals surface area contributed by atoms with Gasteiger partial charge in [0.2, 0.25) is 0 Å². The molecule has 0 saturated carbocycles. The van der Waals surface area contributed by atoms with E-state index in [1.165, 1.54) is 12.1 Å². The lowest BCUT2D eigenvalue weighted by atomic mass is 10.1. The molecule has 5 rings (SSSR count). The number of nitrogens with zero attached hydrogens (tertiary/aromatic N) is 3. The van der Waals surface area contributed by atoms with E-state index in [1.807, 2.05) is 36.4 Å². The number of benzene rings is 2. The van der Waals surface area contributed by atoms with Crippen LogP contribution in [0.15, 0.2) is 65.2 Å². The first-order chi connectivity index (χ1) is 17.3. The second kappa shape index (κ2) is 9.92. The number of hydrogen-bond acceptors (Lipinski definition) is 7. The molecule has 8 nitrogen and oxygen atoms in total. The van der Waals surface area contributed by atoms with E-state index in [1.54, 1.807) is 4.90 Å². The van der Waals surface area contributed by atoms with E-state index < -0.39 is 12.1 Å². The van der Waals surface area contributed by atoms with Gasteiger partial charge in [0.25, 0.3) is 5.91 Å². The van der Waals surface area contributed by atoms with Crippen LogP contribution in [0.25, 0.3) is 11.3 Å². The predicted octanol–water partition coefficient (Wildman–Crippen LogP) is 3.94. The van der Waals surface area contributed by atoms with E-state index in [2.05, 4.69) is 14.8 Å². The van der Waals surface area contributed by atoms with Gasteiger partial charge in [-0.1, -0.05) is 35.5 Å². The van der Waals surface area contributed by atoms with Crippen molar-refractivity contribution in [2.45, 2.75) is 18.7 Å². The van der Waals surface area contributed by atoms with Crippen molar-refractivity contribution in [3.63, 3.8) is 0 Å². The van der Waals surface area contributed by atoms with Gasteiger partial charge in [0.05, 0.1) is 32.8 Å². The molecular weight excluding hydrogens is 479 g/mol. The van der Waals surface area contributed by atoms with Gasteiger partial charge in [-0.05, 0) is 24.3 Å². The van der Waals surface area contributed by atoms with Crippen LogP contribution in [0.3, 0.4) is 0 Å². The third-order valence-corrected chi connectivity index (χ3v) is 6.03. The predicted molar refractivity (Wildman–Crippen MR) is 121 cm³/mol. The number of amides is 1. The molecule has 0 aliphatic carbocycles.